The summed E-state index contributed by atoms with van der Waals surface area (Å²) >= 11 is 1.70. The number of imidazole rings is 1. The SMILES string of the molecule is CCSc1nc2cc3c(cc2[nH]1)OCCO3. The fourth-order valence-corrected chi connectivity index (χ4v) is 2.35. The smallest absolute Gasteiger partial charge is 0.166 e. The Morgan fingerprint density at radius 3 is 2.81 bits per heavy atom. The number of aromatic nitrogens is 2. The van der Waals surface area contributed by atoms with E-state index in [1.54, 1.807) is 11.8 Å². The number of thioether (sulfide) groups is 1. The number of rotatable bonds is 2. The molecular weight excluding hydrogens is 224 g/mol. The molecule has 0 saturated carbocycles. The van der Waals surface area contributed by atoms with Crippen molar-refractivity contribution in [3.8, 4) is 11.5 Å². The van der Waals surface area contributed by atoms with E-state index in [1.807, 2.05) is 12.1 Å². The number of fused-ring (bicyclic) bond motifs is 2. The van der Waals surface area contributed by atoms with Crippen LogP contribution in [-0.4, -0.2) is 28.9 Å². The zero-order valence-corrected chi connectivity index (χ0v) is 9.76. The highest BCUT2D eigenvalue weighted by Gasteiger charge is 2.14. The number of ether oxygens (including phenoxy) is 2. The molecule has 0 spiro atoms. The molecule has 16 heavy (non-hydrogen) atoms. The lowest BCUT2D eigenvalue weighted by Crippen LogP contribution is -2.15. The fourth-order valence-electron chi connectivity index (χ4n) is 1.73. The van der Waals surface area contributed by atoms with Gasteiger partial charge in [0.1, 0.15) is 13.2 Å². The van der Waals surface area contributed by atoms with Gasteiger partial charge >= 0.3 is 0 Å². The Morgan fingerprint density at radius 1 is 1.31 bits per heavy atom. The summed E-state index contributed by atoms with van der Waals surface area (Å²) in [5.41, 5.74) is 1.93. The highest BCUT2D eigenvalue weighted by molar-refractivity contribution is 7.99. The lowest BCUT2D eigenvalue weighted by molar-refractivity contribution is 0.172. The molecule has 0 bridgehead atoms. The van der Waals surface area contributed by atoms with Crippen LogP contribution in [0.25, 0.3) is 11.0 Å². The molecule has 1 aromatic carbocycles. The Hall–Kier alpha value is -1.36. The molecule has 0 radical (unpaired) electrons. The maximum absolute atomic E-state index is 5.52. The predicted octanol–water partition coefficient (Wildman–Crippen LogP) is 2.45. The second kappa shape index (κ2) is 3.90. The molecule has 5 heteroatoms. The van der Waals surface area contributed by atoms with E-state index in [0.29, 0.717) is 13.2 Å². The summed E-state index contributed by atoms with van der Waals surface area (Å²) in [5, 5.41) is 0.944. The van der Waals surface area contributed by atoms with Crippen LogP contribution in [0.15, 0.2) is 17.3 Å². The van der Waals surface area contributed by atoms with Crippen LogP contribution in [0.2, 0.25) is 0 Å². The van der Waals surface area contributed by atoms with E-state index in [4.69, 9.17) is 9.47 Å². The van der Waals surface area contributed by atoms with Gasteiger partial charge in [0.2, 0.25) is 0 Å². The number of nitrogens with zero attached hydrogens (tertiary/aromatic N) is 1. The Kier molecular flexibility index (Phi) is 2.40. The van der Waals surface area contributed by atoms with E-state index in [1.165, 1.54) is 0 Å². The van der Waals surface area contributed by atoms with Crippen molar-refractivity contribution in [2.24, 2.45) is 0 Å². The Bertz CT molecular complexity index is 481. The average molecular weight is 236 g/mol. The molecule has 0 aliphatic carbocycles. The number of nitrogens with one attached hydrogen (secondary N) is 1. The molecule has 1 aromatic heterocycles. The molecule has 1 N–H and O–H groups in total. The van der Waals surface area contributed by atoms with Crippen LogP contribution < -0.4 is 9.47 Å². The molecule has 84 valence electrons. The summed E-state index contributed by atoms with van der Waals surface area (Å²) in [4.78, 5) is 7.75. The normalized spacial score (nSPS) is 14.3. The monoisotopic (exact) mass is 236 g/mol. The van der Waals surface area contributed by atoms with Crippen molar-refractivity contribution in [3.63, 3.8) is 0 Å². The van der Waals surface area contributed by atoms with Crippen LogP contribution in [-0.2, 0) is 0 Å². The number of benzene rings is 1. The average Bonchev–Trinajstić information content (AvgIpc) is 2.67. The van der Waals surface area contributed by atoms with Crippen LogP contribution in [0.5, 0.6) is 11.5 Å². The van der Waals surface area contributed by atoms with E-state index in [9.17, 15) is 0 Å². The molecule has 0 saturated heterocycles. The fraction of sp³-hybridized carbons (Fsp3) is 0.364. The summed E-state index contributed by atoms with van der Waals surface area (Å²) in [5.74, 6) is 2.60. The van der Waals surface area contributed by atoms with Gasteiger partial charge in [0.15, 0.2) is 16.7 Å². The van der Waals surface area contributed by atoms with Crippen LogP contribution in [0.4, 0.5) is 0 Å². The highest BCUT2D eigenvalue weighted by Crippen LogP contribution is 2.34. The predicted molar refractivity (Wildman–Crippen MR) is 63.5 cm³/mol. The van der Waals surface area contributed by atoms with E-state index < -0.39 is 0 Å². The Balaban J connectivity index is 2.09. The molecule has 2 heterocycles. The van der Waals surface area contributed by atoms with Crippen LogP contribution in [0.3, 0.4) is 0 Å². The third-order valence-corrected chi connectivity index (χ3v) is 3.16. The molecular formula is C11H12N2O2S. The van der Waals surface area contributed by atoms with Gasteiger partial charge in [-0.3, -0.25) is 0 Å². The highest BCUT2D eigenvalue weighted by atomic mass is 32.2. The number of hydrogen-bond donors (Lipinski definition) is 1. The minimum absolute atomic E-state index is 0.611. The maximum atomic E-state index is 5.52. The standard InChI is InChI=1S/C11H12N2O2S/c1-2-16-11-12-7-5-9-10(6-8(7)13-11)15-4-3-14-9/h5-6H,2-4H2,1H3,(H,12,13). The summed E-state index contributed by atoms with van der Waals surface area (Å²) in [7, 11) is 0. The van der Waals surface area contributed by atoms with E-state index in [2.05, 4.69) is 16.9 Å². The molecule has 4 nitrogen and oxygen atoms in total. The summed E-state index contributed by atoms with van der Waals surface area (Å²) in [6, 6.07) is 3.89. The number of H-pyrrole nitrogens is 1. The zero-order valence-electron chi connectivity index (χ0n) is 8.95. The molecule has 0 fully saturated rings. The second-order valence-corrected chi connectivity index (χ2v) is 4.74. The molecule has 3 rings (SSSR count). The van der Waals surface area contributed by atoms with E-state index in [-0.39, 0.29) is 0 Å². The molecule has 0 amide bonds. The van der Waals surface area contributed by atoms with E-state index >= 15 is 0 Å². The second-order valence-electron chi connectivity index (χ2n) is 3.49. The first kappa shape index (κ1) is 9.84. The summed E-state index contributed by atoms with van der Waals surface area (Å²) in [6.07, 6.45) is 0. The zero-order chi connectivity index (χ0) is 11.0. The number of hydrogen-bond acceptors (Lipinski definition) is 4. The maximum Gasteiger partial charge on any atom is 0.166 e. The summed E-state index contributed by atoms with van der Waals surface area (Å²) in [6.45, 7) is 3.33. The van der Waals surface area contributed by atoms with Crippen molar-refractivity contribution in [2.75, 3.05) is 19.0 Å². The van der Waals surface area contributed by atoms with Crippen molar-refractivity contribution >= 4 is 22.8 Å². The lowest BCUT2D eigenvalue weighted by Gasteiger charge is -2.17. The van der Waals surface area contributed by atoms with Crippen molar-refractivity contribution in [1.29, 1.82) is 0 Å². The van der Waals surface area contributed by atoms with Gasteiger partial charge in [-0.1, -0.05) is 18.7 Å². The van der Waals surface area contributed by atoms with Crippen molar-refractivity contribution in [3.05, 3.63) is 12.1 Å². The lowest BCUT2D eigenvalue weighted by atomic mass is 10.2. The van der Waals surface area contributed by atoms with Crippen molar-refractivity contribution in [1.82, 2.24) is 9.97 Å². The van der Waals surface area contributed by atoms with Crippen molar-refractivity contribution < 1.29 is 9.47 Å². The Morgan fingerprint density at radius 2 is 2.06 bits per heavy atom. The van der Waals surface area contributed by atoms with Crippen LogP contribution >= 0.6 is 11.8 Å². The van der Waals surface area contributed by atoms with Gasteiger partial charge in [-0.25, -0.2) is 4.98 Å². The van der Waals surface area contributed by atoms with Crippen LogP contribution in [0.1, 0.15) is 6.92 Å². The van der Waals surface area contributed by atoms with Gasteiger partial charge in [0, 0.05) is 12.1 Å². The van der Waals surface area contributed by atoms with Crippen molar-refractivity contribution in [2.45, 2.75) is 12.1 Å². The topological polar surface area (TPSA) is 47.1 Å². The Labute approximate surface area is 97.3 Å². The molecule has 0 atom stereocenters. The molecule has 1 aliphatic heterocycles. The first-order chi connectivity index (χ1) is 7.86. The van der Waals surface area contributed by atoms with Gasteiger partial charge in [-0.15, -0.1) is 0 Å². The minimum atomic E-state index is 0.611. The van der Waals surface area contributed by atoms with Gasteiger partial charge in [-0.2, -0.15) is 0 Å². The van der Waals surface area contributed by atoms with E-state index in [0.717, 1.165) is 33.4 Å². The molecule has 0 unspecified atom stereocenters. The molecule has 1 aliphatic rings. The quantitative estimate of drug-likeness (QED) is 0.814. The van der Waals surface area contributed by atoms with Gasteiger partial charge in [-0.05, 0) is 5.75 Å². The van der Waals surface area contributed by atoms with Gasteiger partial charge < -0.3 is 14.5 Å². The summed E-state index contributed by atoms with van der Waals surface area (Å²) < 4.78 is 11.0. The first-order valence-electron chi connectivity index (χ1n) is 5.29. The largest absolute Gasteiger partial charge is 0.486 e. The van der Waals surface area contributed by atoms with Gasteiger partial charge in [0.25, 0.3) is 0 Å². The van der Waals surface area contributed by atoms with Crippen LogP contribution in [0, 0.1) is 0 Å². The minimum Gasteiger partial charge on any atom is -0.486 e. The number of aromatic amines is 1. The third kappa shape index (κ3) is 1.61. The molecule has 2 aromatic rings. The van der Waals surface area contributed by atoms with Gasteiger partial charge in [0.05, 0.1) is 11.0 Å². The first-order valence-corrected chi connectivity index (χ1v) is 6.27. The third-order valence-electron chi connectivity index (χ3n) is 2.41.